The zero-order chi connectivity index (χ0) is 10.3. The van der Waals surface area contributed by atoms with Crippen LogP contribution in [0.3, 0.4) is 0 Å². The summed E-state index contributed by atoms with van der Waals surface area (Å²) in [5.74, 6) is 0.339. The highest BCUT2D eigenvalue weighted by Crippen LogP contribution is 2.47. The lowest BCUT2D eigenvalue weighted by molar-refractivity contribution is -0.120. The molecule has 0 saturated carbocycles. The van der Waals surface area contributed by atoms with Crippen LogP contribution in [0, 0.1) is 0 Å². The topological polar surface area (TPSA) is 40.5 Å². The number of Topliss-reactive ketones (excluding diaryl/α,β-unsaturated/α-hetero) is 1. The van der Waals surface area contributed by atoms with Crippen molar-refractivity contribution < 1.29 is 9.82 Å². The van der Waals surface area contributed by atoms with Crippen molar-refractivity contribution in [2.45, 2.75) is 57.4 Å². The highest BCUT2D eigenvalue weighted by atomic mass is 16.2. The first-order chi connectivity index (χ1) is 6.60. The largest absolute Gasteiger partial charge is 0.437 e. The zero-order valence-corrected chi connectivity index (χ0v) is 8.99. The van der Waals surface area contributed by atoms with Gasteiger partial charge in [0.05, 0.1) is 6.04 Å². The molecule has 2 saturated heterocycles. The Balaban J connectivity index is 2.26. The SMILES string of the molecule is CCCC12CCC(C(=O)C1)N2B(C)O. The molecule has 2 bridgehead atoms. The molecule has 78 valence electrons. The second-order valence-electron chi connectivity index (χ2n) is 4.71. The summed E-state index contributed by atoms with van der Waals surface area (Å²) in [5.41, 5.74) is 0.00463. The van der Waals surface area contributed by atoms with Gasteiger partial charge in [0.2, 0.25) is 0 Å². The van der Waals surface area contributed by atoms with E-state index in [1.807, 2.05) is 0 Å². The number of rotatable bonds is 3. The van der Waals surface area contributed by atoms with E-state index in [-0.39, 0.29) is 11.6 Å². The molecule has 2 heterocycles. The Labute approximate surface area is 85.6 Å². The fourth-order valence-corrected chi connectivity index (χ4v) is 3.41. The minimum atomic E-state index is -0.472. The first-order valence-corrected chi connectivity index (χ1v) is 5.60. The van der Waals surface area contributed by atoms with E-state index in [0.717, 1.165) is 25.7 Å². The van der Waals surface area contributed by atoms with Crippen LogP contribution in [0.4, 0.5) is 0 Å². The van der Waals surface area contributed by atoms with Crippen LogP contribution in [0.1, 0.15) is 39.0 Å². The first kappa shape index (κ1) is 10.2. The van der Waals surface area contributed by atoms with Crippen LogP contribution in [0.25, 0.3) is 0 Å². The van der Waals surface area contributed by atoms with Gasteiger partial charge in [-0.15, -0.1) is 0 Å². The van der Waals surface area contributed by atoms with E-state index in [0.29, 0.717) is 12.2 Å². The monoisotopic (exact) mass is 195 g/mol. The van der Waals surface area contributed by atoms with Gasteiger partial charge >= 0.3 is 7.05 Å². The van der Waals surface area contributed by atoms with Crippen molar-refractivity contribution in [1.29, 1.82) is 0 Å². The van der Waals surface area contributed by atoms with Crippen molar-refractivity contribution >= 4 is 12.8 Å². The van der Waals surface area contributed by atoms with Crippen LogP contribution in [0.15, 0.2) is 0 Å². The molecular formula is C10H18BNO2. The van der Waals surface area contributed by atoms with E-state index < -0.39 is 7.05 Å². The summed E-state index contributed by atoms with van der Waals surface area (Å²) >= 11 is 0. The molecule has 0 spiro atoms. The molecule has 3 nitrogen and oxygen atoms in total. The Bertz CT molecular complexity index is 257. The summed E-state index contributed by atoms with van der Waals surface area (Å²) in [7, 11) is -0.472. The highest BCUT2D eigenvalue weighted by molar-refractivity contribution is 6.46. The van der Waals surface area contributed by atoms with Crippen molar-refractivity contribution in [3.05, 3.63) is 0 Å². The lowest BCUT2D eigenvalue weighted by atomic mass is 9.77. The molecule has 2 unspecified atom stereocenters. The van der Waals surface area contributed by atoms with E-state index in [2.05, 4.69) is 11.7 Å². The third-order valence-corrected chi connectivity index (χ3v) is 3.76. The molecular weight excluding hydrogens is 177 g/mol. The van der Waals surface area contributed by atoms with Gasteiger partial charge in [0, 0.05) is 12.0 Å². The molecule has 1 N–H and O–H groups in total. The predicted molar refractivity (Wildman–Crippen MR) is 56.0 cm³/mol. The molecule has 14 heavy (non-hydrogen) atoms. The number of carbonyl (C=O) groups is 1. The van der Waals surface area contributed by atoms with Crippen LogP contribution in [-0.2, 0) is 4.79 Å². The van der Waals surface area contributed by atoms with Gasteiger partial charge in [0.25, 0.3) is 0 Å². The highest BCUT2D eigenvalue weighted by Gasteiger charge is 2.57. The Morgan fingerprint density at radius 2 is 2.43 bits per heavy atom. The Kier molecular flexibility index (Phi) is 2.44. The predicted octanol–water partition coefficient (Wildman–Crippen LogP) is 1.07. The van der Waals surface area contributed by atoms with E-state index in [1.54, 1.807) is 6.82 Å². The molecule has 2 aliphatic heterocycles. The number of hydrogen-bond acceptors (Lipinski definition) is 3. The summed E-state index contributed by atoms with van der Waals surface area (Å²) in [5, 5.41) is 9.72. The first-order valence-electron chi connectivity index (χ1n) is 5.60. The van der Waals surface area contributed by atoms with Crippen LogP contribution in [0.2, 0.25) is 6.82 Å². The summed E-state index contributed by atoms with van der Waals surface area (Å²) in [4.78, 5) is 13.7. The molecule has 2 fully saturated rings. The average Bonchev–Trinajstić information content (AvgIpc) is 2.55. The summed E-state index contributed by atoms with van der Waals surface area (Å²) in [6, 6.07) is 0.0153. The summed E-state index contributed by atoms with van der Waals surface area (Å²) in [6.45, 7) is 3.92. The summed E-state index contributed by atoms with van der Waals surface area (Å²) < 4.78 is 0. The van der Waals surface area contributed by atoms with Gasteiger partial charge < -0.3 is 9.83 Å². The fraction of sp³-hybridized carbons (Fsp3) is 0.900. The quantitative estimate of drug-likeness (QED) is 0.685. The van der Waals surface area contributed by atoms with Crippen LogP contribution in [-0.4, -0.2) is 34.2 Å². The number of hydrogen-bond donors (Lipinski definition) is 1. The standard InChI is InChI=1S/C10H18BNO2/c1-3-5-10-6-4-8(9(13)7-10)12(10)11(2)14/h8,14H,3-7H2,1-2H3. The Morgan fingerprint density at radius 3 is 2.93 bits per heavy atom. The third-order valence-electron chi connectivity index (χ3n) is 3.76. The molecule has 0 aromatic heterocycles. The molecule has 4 heteroatoms. The van der Waals surface area contributed by atoms with E-state index in [1.165, 1.54) is 0 Å². The molecule has 0 amide bonds. The van der Waals surface area contributed by atoms with Crippen molar-refractivity contribution in [2.75, 3.05) is 0 Å². The molecule has 2 atom stereocenters. The molecule has 2 aliphatic rings. The van der Waals surface area contributed by atoms with E-state index >= 15 is 0 Å². The Morgan fingerprint density at radius 1 is 1.71 bits per heavy atom. The smallest absolute Gasteiger partial charge is 0.377 e. The van der Waals surface area contributed by atoms with Gasteiger partial charge in [0.15, 0.2) is 5.78 Å². The maximum Gasteiger partial charge on any atom is 0.377 e. The fourth-order valence-electron chi connectivity index (χ4n) is 3.41. The molecule has 0 aliphatic carbocycles. The van der Waals surface area contributed by atoms with E-state index in [4.69, 9.17) is 0 Å². The van der Waals surface area contributed by atoms with E-state index in [9.17, 15) is 9.82 Å². The van der Waals surface area contributed by atoms with Gasteiger partial charge in [-0.05, 0) is 26.1 Å². The molecule has 0 aromatic rings. The zero-order valence-electron chi connectivity index (χ0n) is 8.99. The van der Waals surface area contributed by atoms with Crippen molar-refractivity contribution in [2.24, 2.45) is 0 Å². The van der Waals surface area contributed by atoms with Crippen molar-refractivity contribution in [3.8, 4) is 0 Å². The number of ketones is 1. The van der Waals surface area contributed by atoms with Gasteiger partial charge in [0.1, 0.15) is 0 Å². The lowest BCUT2D eigenvalue weighted by Crippen LogP contribution is -2.49. The lowest BCUT2D eigenvalue weighted by Gasteiger charge is -2.34. The van der Waals surface area contributed by atoms with Gasteiger partial charge in [-0.3, -0.25) is 4.79 Å². The minimum Gasteiger partial charge on any atom is -0.437 e. The van der Waals surface area contributed by atoms with Crippen molar-refractivity contribution in [1.82, 2.24) is 4.81 Å². The molecule has 0 radical (unpaired) electrons. The van der Waals surface area contributed by atoms with Crippen LogP contribution < -0.4 is 0 Å². The molecule has 2 rings (SSSR count). The summed E-state index contributed by atoms with van der Waals surface area (Å²) in [6.07, 6.45) is 4.83. The molecule has 0 aromatic carbocycles. The number of carbonyl (C=O) groups excluding carboxylic acids is 1. The van der Waals surface area contributed by atoms with Crippen LogP contribution >= 0.6 is 0 Å². The van der Waals surface area contributed by atoms with Gasteiger partial charge in [-0.2, -0.15) is 0 Å². The second kappa shape index (κ2) is 3.35. The second-order valence-corrected chi connectivity index (χ2v) is 4.71. The third kappa shape index (κ3) is 1.24. The number of fused-ring (bicyclic) bond motifs is 2. The van der Waals surface area contributed by atoms with Crippen molar-refractivity contribution in [3.63, 3.8) is 0 Å². The Hall–Kier alpha value is -0.345. The van der Waals surface area contributed by atoms with Gasteiger partial charge in [-0.1, -0.05) is 13.3 Å². The minimum absolute atomic E-state index is 0.00463. The maximum atomic E-state index is 11.7. The average molecular weight is 195 g/mol. The number of nitrogens with zero attached hydrogens (tertiary/aromatic N) is 1. The normalized spacial score (nSPS) is 36.8. The van der Waals surface area contributed by atoms with Crippen LogP contribution in [0.5, 0.6) is 0 Å². The maximum absolute atomic E-state index is 11.7. The van der Waals surface area contributed by atoms with Gasteiger partial charge in [-0.25, -0.2) is 0 Å².